The summed E-state index contributed by atoms with van der Waals surface area (Å²) in [6.45, 7) is 5.85. The lowest BCUT2D eigenvalue weighted by atomic mass is 10.1. The quantitative estimate of drug-likeness (QED) is 0.842. The maximum absolute atomic E-state index is 12.4. The molecule has 1 heterocycles. The molecule has 0 bridgehead atoms. The number of piperidine rings is 1. The highest BCUT2D eigenvalue weighted by Crippen LogP contribution is 2.20. The number of nitrogens with zero attached hydrogens (tertiary/aromatic N) is 2. The van der Waals surface area contributed by atoms with Crippen molar-refractivity contribution in [2.24, 2.45) is 0 Å². The fourth-order valence-corrected chi connectivity index (χ4v) is 3.07. The minimum absolute atomic E-state index is 0.0387. The minimum Gasteiger partial charge on any atom is -0.410 e. The molecule has 6 heteroatoms. The van der Waals surface area contributed by atoms with Crippen molar-refractivity contribution >= 4 is 17.7 Å². The largest absolute Gasteiger partial charge is 0.414 e. The molecule has 0 aliphatic carbocycles. The number of anilines is 1. The molecular weight excluding hydrogens is 306 g/mol. The number of hydrogen-bond donors (Lipinski definition) is 1. The highest BCUT2D eigenvalue weighted by Gasteiger charge is 2.30. The van der Waals surface area contributed by atoms with Gasteiger partial charge in [0.05, 0.1) is 19.6 Å². The Morgan fingerprint density at radius 1 is 1.12 bits per heavy atom. The predicted molar refractivity (Wildman–Crippen MR) is 94.0 cm³/mol. The summed E-state index contributed by atoms with van der Waals surface area (Å²) < 4.78 is 6.04. The van der Waals surface area contributed by atoms with Gasteiger partial charge in [-0.15, -0.1) is 0 Å². The van der Waals surface area contributed by atoms with E-state index in [1.165, 1.54) is 24.2 Å². The number of quaternary nitrogens is 1. The third-order valence-corrected chi connectivity index (χ3v) is 4.62. The van der Waals surface area contributed by atoms with Crippen LogP contribution in [0.3, 0.4) is 0 Å². The summed E-state index contributed by atoms with van der Waals surface area (Å²) in [5.74, 6) is 0.497. The zero-order valence-corrected chi connectivity index (χ0v) is 14.9. The number of nitrogens with one attached hydrogen (secondary N) is 1. The van der Waals surface area contributed by atoms with E-state index in [-0.39, 0.29) is 5.91 Å². The molecule has 0 radical (unpaired) electrons. The van der Waals surface area contributed by atoms with Crippen LogP contribution in [0.2, 0.25) is 0 Å². The first kappa shape index (κ1) is 18.3. The summed E-state index contributed by atoms with van der Waals surface area (Å²) in [5.41, 5.74) is 0.718. The molecule has 1 aromatic rings. The van der Waals surface area contributed by atoms with Crippen molar-refractivity contribution in [1.29, 1.82) is 0 Å². The molecule has 2 rings (SSSR count). The van der Waals surface area contributed by atoms with Gasteiger partial charge >= 0.3 is 6.09 Å². The number of carbonyl (C=O) groups is 2. The average Bonchev–Trinajstić information content (AvgIpc) is 2.57. The van der Waals surface area contributed by atoms with E-state index in [1.54, 1.807) is 38.4 Å². The number of likely N-dealkylation sites (N-methyl/N-ethyl adjacent to an activating group) is 1. The second kappa shape index (κ2) is 8.15. The van der Waals surface area contributed by atoms with Gasteiger partial charge in [0.25, 0.3) is 5.91 Å². The summed E-state index contributed by atoms with van der Waals surface area (Å²) in [6.07, 6.45) is 3.25. The monoisotopic (exact) mass is 334 g/mol. The zero-order chi connectivity index (χ0) is 17.6. The van der Waals surface area contributed by atoms with Gasteiger partial charge in [-0.1, -0.05) is 0 Å². The topological polar surface area (TPSA) is 58.6 Å². The van der Waals surface area contributed by atoms with E-state index in [0.29, 0.717) is 12.3 Å². The van der Waals surface area contributed by atoms with E-state index in [1.807, 2.05) is 0 Å². The normalized spacial score (nSPS) is 16.3. The number of benzene rings is 1. The fraction of sp³-hybridized carbons (Fsp3) is 0.556. The second-order valence-electron chi connectivity index (χ2n) is 6.66. The first-order valence-corrected chi connectivity index (χ1v) is 8.58. The van der Waals surface area contributed by atoms with E-state index in [9.17, 15) is 9.59 Å². The van der Waals surface area contributed by atoms with Crippen LogP contribution in [0.15, 0.2) is 24.3 Å². The molecule has 1 aliphatic heterocycles. The van der Waals surface area contributed by atoms with E-state index >= 15 is 0 Å². The Labute approximate surface area is 144 Å². The fourth-order valence-electron chi connectivity index (χ4n) is 3.07. The van der Waals surface area contributed by atoms with E-state index in [4.69, 9.17) is 4.74 Å². The Hall–Kier alpha value is -2.08. The number of rotatable bonds is 5. The Balaban J connectivity index is 1.90. The number of carbonyl (C=O) groups excluding carboxylic acids is 2. The molecule has 0 spiro atoms. The predicted octanol–water partition coefficient (Wildman–Crippen LogP) is 2.71. The molecule has 0 aromatic heterocycles. The van der Waals surface area contributed by atoms with Crippen LogP contribution in [-0.4, -0.2) is 61.7 Å². The lowest BCUT2D eigenvalue weighted by Gasteiger charge is -2.40. The number of likely N-dealkylation sites (tertiary alicyclic amines) is 1. The summed E-state index contributed by atoms with van der Waals surface area (Å²) in [4.78, 5) is 25.2. The smallest absolute Gasteiger partial charge is 0.410 e. The summed E-state index contributed by atoms with van der Waals surface area (Å²) in [7, 11) is 3.26. The first-order valence-electron chi connectivity index (χ1n) is 8.58. The third kappa shape index (κ3) is 4.96. The maximum Gasteiger partial charge on any atom is 0.414 e. The van der Waals surface area contributed by atoms with Gasteiger partial charge in [0.2, 0.25) is 0 Å². The zero-order valence-electron chi connectivity index (χ0n) is 14.9. The lowest BCUT2D eigenvalue weighted by Crippen LogP contribution is -2.54. The lowest BCUT2D eigenvalue weighted by molar-refractivity contribution is -0.923. The van der Waals surface area contributed by atoms with Crippen LogP contribution in [0, 0.1) is 0 Å². The van der Waals surface area contributed by atoms with Crippen LogP contribution < -0.4 is 10.1 Å². The molecule has 1 N–H and O–H groups in total. The van der Waals surface area contributed by atoms with E-state index in [0.717, 1.165) is 29.8 Å². The van der Waals surface area contributed by atoms with Crippen LogP contribution in [0.4, 0.5) is 10.5 Å². The SMILES string of the molecule is CC[N+]1(CC(=O)Nc2ccc(OC(=O)N(C)C)cc2)CCCCC1. The maximum atomic E-state index is 12.4. The Kier molecular flexibility index (Phi) is 6.20. The van der Waals surface area contributed by atoms with Gasteiger partial charge in [-0.2, -0.15) is 0 Å². The third-order valence-electron chi connectivity index (χ3n) is 4.62. The average molecular weight is 334 g/mol. The van der Waals surface area contributed by atoms with Crippen LogP contribution in [0.25, 0.3) is 0 Å². The molecule has 0 saturated carbocycles. The molecule has 2 amide bonds. The van der Waals surface area contributed by atoms with Crippen molar-refractivity contribution in [2.45, 2.75) is 26.2 Å². The van der Waals surface area contributed by atoms with Crippen molar-refractivity contribution < 1.29 is 18.8 Å². The van der Waals surface area contributed by atoms with Crippen molar-refractivity contribution in [3.63, 3.8) is 0 Å². The van der Waals surface area contributed by atoms with E-state index in [2.05, 4.69) is 12.2 Å². The van der Waals surface area contributed by atoms with Gasteiger partial charge in [0.1, 0.15) is 5.75 Å². The highest BCUT2D eigenvalue weighted by atomic mass is 16.6. The van der Waals surface area contributed by atoms with Crippen molar-refractivity contribution in [1.82, 2.24) is 4.90 Å². The van der Waals surface area contributed by atoms with Gasteiger partial charge in [-0.3, -0.25) is 4.79 Å². The molecule has 0 atom stereocenters. The summed E-state index contributed by atoms with van der Waals surface area (Å²) in [6, 6.07) is 6.87. The number of ether oxygens (including phenoxy) is 1. The molecule has 24 heavy (non-hydrogen) atoms. The van der Waals surface area contributed by atoms with Crippen molar-refractivity contribution in [3.05, 3.63) is 24.3 Å². The van der Waals surface area contributed by atoms with Gasteiger partial charge < -0.3 is 19.4 Å². The Morgan fingerprint density at radius 2 is 1.75 bits per heavy atom. The van der Waals surface area contributed by atoms with Gasteiger partial charge in [0, 0.05) is 19.8 Å². The van der Waals surface area contributed by atoms with Crippen LogP contribution >= 0.6 is 0 Å². The van der Waals surface area contributed by atoms with E-state index < -0.39 is 6.09 Å². The van der Waals surface area contributed by atoms with Crippen LogP contribution in [0.5, 0.6) is 5.75 Å². The van der Waals surface area contributed by atoms with Crippen LogP contribution in [-0.2, 0) is 4.79 Å². The highest BCUT2D eigenvalue weighted by molar-refractivity contribution is 5.91. The molecule has 1 saturated heterocycles. The number of amides is 2. The second-order valence-corrected chi connectivity index (χ2v) is 6.66. The first-order chi connectivity index (χ1) is 11.4. The Morgan fingerprint density at radius 3 is 2.29 bits per heavy atom. The molecule has 1 fully saturated rings. The molecule has 132 valence electrons. The van der Waals surface area contributed by atoms with Crippen LogP contribution in [0.1, 0.15) is 26.2 Å². The van der Waals surface area contributed by atoms with Crippen molar-refractivity contribution in [3.8, 4) is 5.75 Å². The minimum atomic E-state index is -0.425. The van der Waals surface area contributed by atoms with Gasteiger partial charge in [-0.25, -0.2) is 4.79 Å². The van der Waals surface area contributed by atoms with Gasteiger partial charge in [-0.05, 0) is 50.5 Å². The molecule has 1 aromatic carbocycles. The summed E-state index contributed by atoms with van der Waals surface area (Å²) in [5, 5.41) is 2.95. The van der Waals surface area contributed by atoms with Gasteiger partial charge in [0.15, 0.2) is 6.54 Å². The Bertz CT molecular complexity index is 563. The standard InChI is InChI=1S/C18H27N3O3/c1-4-21(12-6-5-7-13-21)14-17(22)19-15-8-10-16(11-9-15)24-18(23)20(2)3/h8-11H,4-7,12-14H2,1-3H3/p+1. The summed E-state index contributed by atoms with van der Waals surface area (Å²) >= 11 is 0. The molecular formula is C18H28N3O3+. The molecule has 0 unspecified atom stereocenters. The van der Waals surface area contributed by atoms with Crippen molar-refractivity contribution in [2.75, 3.05) is 45.6 Å². The molecule has 1 aliphatic rings. The number of hydrogen-bond acceptors (Lipinski definition) is 3. The molecule has 6 nitrogen and oxygen atoms in total.